The number of hydrogen-bond acceptors (Lipinski definition) is 5. The molecule has 36 heavy (non-hydrogen) atoms. The summed E-state index contributed by atoms with van der Waals surface area (Å²) in [6, 6.07) is 22.5. The topological polar surface area (TPSA) is 54.0 Å². The number of carbonyl (C=O) groups is 1. The first kappa shape index (κ1) is 25.5. The summed E-state index contributed by atoms with van der Waals surface area (Å²) in [5, 5.41) is 0. The third-order valence-corrected chi connectivity index (χ3v) is 6.06. The van der Waals surface area contributed by atoms with Crippen LogP contribution in [0.4, 0.5) is 0 Å². The van der Waals surface area contributed by atoms with Crippen molar-refractivity contribution >= 4 is 11.5 Å². The van der Waals surface area contributed by atoms with Gasteiger partial charge in [-0.2, -0.15) is 0 Å². The SMILES string of the molecule is CCCOc1cccc2c1-c1ccccc1/C2=C\COc1ccc(CC(OCC)C(=O)OCC)cc1. The Hall–Kier alpha value is -3.57. The van der Waals surface area contributed by atoms with Crippen molar-refractivity contribution in [2.45, 2.75) is 39.7 Å². The van der Waals surface area contributed by atoms with Crippen LogP contribution in [0, 0.1) is 0 Å². The van der Waals surface area contributed by atoms with E-state index in [1.807, 2.05) is 37.3 Å². The van der Waals surface area contributed by atoms with Crippen LogP contribution in [0.2, 0.25) is 0 Å². The van der Waals surface area contributed by atoms with Crippen LogP contribution in [0.3, 0.4) is 0 Å². The maximum Gasteiger partial charge on any atom is 0.335 e. The molecular weight excluding hydrogens is 452 g/mol. The second kappa shape index (κ2) is 12.4. The van der Waals surface area contributed by atoms with Crippen molar-refractivity contribution < 1.29 is 23.7 Å². The Bertz CT molecular complexity index is 1200. The zero-order chi connectivity index (χ0) is 25.3. The van der Waals surface area contributed by atoms with Gasteiger partial charge in [-0.3, -0.25) is 0 Å². The number of fused-ring (bicyclic) bond motifs is 3. The van der Waals surface area contributed by atoms with E-state index in [0.717, 1.165) is 34.6 Å². The standard InChI is InChI=1S/C31H34O5/c1-4-19-36-28-13-9-12-27-25(24-10-7-8-11-26(24)30(27)28)18-20-35-23-16-14-22(15-17-23)21-29(33-5-2)31(32)34-6-3/h7-18,29H,4-6,19-21H2,1-3H3/b25-18+. The van der Waals surface area contributed by atoms with E-state index in [1.54, 1.807) is 6.92 Å². The zero-order valence-electron chi connectivity index (χ0n) is 21.3. The summed E-state index contributed by atoms with van der Waals surface area (Å²) < 4.78 is 22.8. The van der Waals surface area contributed by atoms with Crippen molar-refractivity contribution in [3.05, 3.63) is 89.5 Å². The molecule has 0 aliphatic heterocycles. The molecule has 1 aliphatic carbocycles. The lowest BCUT2D eigenvalue weighted by atomic mass is 10.0. The van der Waals surface area contributed by atoms with Crippen LogP contribution < -0.4 is 9.47 Å². The molecule has 1 unspecified atom stereocenters. The van der Waals surface area contributed by atoms with Crippen molar-refractivity contribution in [2.24, 2.45) is 0 Å². The van der Waals surface area contributed by atoms with Crippen LogP contribution >= 0.6 is 0 Å². The van der Waals surface area contributed by atoms with E-state index < -0.39 is 6.10 Å². The molecule has 3 aromatic rings. The molecule has 3 aromatic carbocycles. The fourth-order valence-corrected chi connectivity index (χ4v) is 4.47. The van der Waals surface area contributed by atoms with Gasteiger partial charge in [0.1, 0.15) is 18.1 Å². The van der Waals surface area contributed by atoms with Gasteiger partial charge in [0.05, 0.1) is 13.2 Å². The maximum absolute atomic E-state index is 12.1. The Kier molecular flexibility index (Phi) is 8.80. The van der Waals surface area contributed by atoms with Crippen LogP contribution in [0.25, 0.3) is 16.7 Å². The van der Waals surface area contributed by atoms with E-state index in [1.165, 1.54) is 16.7 Å². The fraction of sp³-hybridized carbons (Fsp3) is 0.323. The fourth-order valence-electron chi connectivity index (χ4n) is 4.47. The van der Waals surface area contributed by atoms with Crippen molar-refractivity contribution in [3.63, 3.8) is 0 Å². The average Bonchev–Trinajstić information content (AvgIpc) is 3.22. The minimum absolute atomic E-state index is 0.327. The summed E-state index contributed by atoms with van der Waals surface area (Å²) in [7, 11) is 0. The Balaban J connectivity index is 1.46. The summed E-state index contributed by atoms with van der Waals surface area (Å²) >= 11 is 0. The molecule has 0 radical (unpaired) electrons. The van der Waals surface area contributed by atoms with E-state index in [4.69, 9.17) is 18.9 Å². The molecule has 1 atom stereocenters. The molecule has 4 rings (SSSR count). The molecule has 0 heterocycles. The molecule has 0 aromatic heterocycles. The van der Waals surface area contributed by atoms with E-state index in [9.17, 15) is 4.79 Å². The van der Waals surface area contributed by atoms with Gasteiger partial charge in [0, 0.05) is 18.6 Å². The number of benzene rings is 3. The molecule has 0 fully saturated rings. The third kappa shape index (κ3) is 5.80. The summed E-state index contributed by atoms with van der Waals surface area (Å²) in [6.07, 6.45) is 2.97. The van der Waals surface area contributed by atoms with Gasteiger partial charge in [0.2, 0.25) is 0 Å². The van der Waals surface area contributed by atoms with Crippen LogP contribution in [0.15, 0.2) is 72.8 Å². The van der Waals surface area contributed by atoms with Gasteiger partial charge in [-0.1, -0.05) is 55.5 Å². The number of ether oxygens (including phenoxy) is 4. The Morgan fingerprint density at radius 1 is 0.833 bits per heavy atom. The molecule has 0 saturated carbocycles. The van der Waals surface area contributed by atoms with Gasteiger partial charge in [-0.15, -0.1) is 0 Å². The predicted octanol–water partition coefficient (Wildman–Crippen LogP) is 6.48. The Morgan fingerprint density at radius 2 is 1.58 bits per heavy atom. The van der Waals surface area contributed by atoms with E-state index in [2.05, 4.69) is 49.4 Å². The highest BCUT2D eigenvalue weighted by Gasteiger charge is 2.26. The van der Waals surface area contributed by atoms with Crippen LogP contribution in [0.1, 0.15) is 43.9 Å². The monoisotopic (exact) mass is 486 g/mol. The lowest BCUT2D eigenvalue weighted by Crippen LogP contribution is -2.28. The molecule has 188 valence electrons. The number of esters is 1. The number of hydrogen-bond donors (Lipinski definition) is 0. The highest BCUT2D eigenvalue weighted by atomic mass is 16.6. The average molecular weight is 487 g/mol. The first-order chi connectivity index (χ1) is 17.7. The van der Waals surface area contributed by atoms with E-state index in [0.29, 0.717) is 32.8 Å². The third-order valence-electron chi connectivity index (χ3n) is 6.06. The number of rotatable bonds is 12. The summed E-state index contributed by atoms with van der Waals surface area (Å²) in [5.41, 5.74) is 6.87. The molecule has 0 N–H and O–H groups in total. The molecule has 0 saturated heterocycles. The summed E-state index contributed by atoms with van der Waals surface area (Å²) in [5.74, 6) is 1.37. The smallest absolute Gasteiger partial charge is 0.335 e. The lowest BCUT2D eigenvalue weighted by Gasteiger charge is -2.15. The molecule has 0 bridgehead atoms. The largest absolute Gasteiger partial charge is 0.493 e. The molecule has 5 heteroatoms. The zero-order valence-corrected chi connectivity index (χ0v) is 21.3. The summed E-state index contributed by atoms with van der Waals surface area (Å²) in [6.45, 7) is 7.71. The van der Waals surface area contributed by atoms with E-state index >= 15 is 0 Å². The Labute approximate surface area is 213 Å². The van der Waals surface area contributed by atoms with Gasteiger partial charge in [0.25, 0.3) is 0 Å². The molecule has 0 spiro atoms. The van der Waals surface area contributed by atoms with Crippen molar-refractivity contribution in [1.29, 1.82) is 0 Å². The maximum atomic E-state index is 12.1. The number of carbonyl (C=O) groups excluding carboxylic acids is 1. The van der Waals surface area contributed by atoms with Crippen molar-refractivity contribution in [3.8, 4) is 22.6 Å². The quantitative estimate of drug-likeness (QED) is 0.215. The minimum Gasteiger partial charge on any atom is -0.493 e. The minimum atomic E-state index is -0.597. The van der Waals surface area contributed by atoms with Crippen LogP contribution in [-0.4, -0.2) is 38.5 Å². The van der Waals surface area contributed by atoms with Gasteiger partial charge in [-0.25, -0.2) is 4.79 Å². The molecule has 5 nitrogen and oxygen atoms in total. The molecular formula is C31H34O5. The highest BCUT2D eigenvalue weighted by Crippen LogP contribution is 2.48. The first-order valence-electron chi connectivity index (χ1n) is 12.7. The predicted molar refractivity (Wildman–Crippen MR) is 142 cm³/mol. The highest BCUT2D eigenvalue weighted by molar-refractivity contribution is 6.03. The van der Waals surface area contributed by atoms with Crippen molar-refractivity contribution in [1.82, 2.24) is 0 Å². The van der Waals surface area contributed by atoms with Gasteiger partial charge in [0.15, 0.2) is 6.10 Å². The van der Waals surface area contributed by atoms with Gasteiger partial charge >= 0.3 is 5.97 Å². The van der Waals surface area contributed by atoms with Gasteiger partial charge in [-0.05, 0) is 72.4 Å². The first-order valence-corrected chi connectivity index (χ1v) is 12.7. The lowest BCUT2D eigenvalue weighted by molar-refractivity contribution is -0.156. The Morgan fingerprint density at radius 3 is 2.31 bits per heavy atom. The van der Waals surface area contributed by atoms with E-state index in [-0.39, 0.29) is 5.97 Å². The normalized spacial score (nSPS) is 13.7. The molecule has 0 amide bonds. The second-order valence-electron chi connectivity index (χ2n) is 8.55. The second-order valence-corrected chi connectivity index (χ2v) is 8.55. The van der Waals surface area contributed by atoms with Crippen molar-refractivity contribution in [2.75, 3.05) is 26.4 Å². The summed E-state index contributed by atoms with van der Waals surface area (Å²) in [4.78, 5) is 12.1. The van der Waals surface area contributed by atoms with Gasteiger partial charge < -0.3 is 18.9 Å². The molecule has 1 aliphatic rings. The van der Waals surface area contributed by atoms with Crippen LogP contribution in [0.5, 0.6) is 11.5 Å². The van der Waals surface area contributed by atoms with Crippen LogP contribution in [-0.2, 0) is 20.7 Å².